The van der Waals surface area contributed by atoms with Crippen molar-refractivity contribution in [3.05, 3.63) is 95.1 Å². The van der Waals surface area contributed by atoms with E-state index < -0.39 is 0 Å². The molecule has 0 unspecified atom stereocenters. The summed E-state index contributed by atoms with van der Waals surface area (Å²) in [5.74, 6) is -0.357. The van der Waals surface area contributed by atoms with Crippen LogP contribution in [0.25, 0.3) is 22.3 Å². The molecule has 0 fully saturated rings. The summed E-state index contributed by atoms with van der Waals surface area (Å²) in [6.45, 7) is 10.2. The molecule has 0 heterocycles. The number of benzene rings is 3. The molecule has 36 heavy (non-hydrogen) atoms. The van der Waals surface area contributed by atoms with Crippen LogP contribution in [0.2, 0.25) is 0 Å². The zero-order valence-corrected chi connectivity index (χ0v) is 22.1. The van der Waals surface area contributed by atoms with Crippen LogP contribution in [0.15, 0.2) is 72.8 Å². The average Bonchev–Trinajstić information content (AvgIpc) is 2.90. The number of hydrogen-bond donors (Lipinski definition) is 1. The van der Waals surface area contributed by atoms with E-state index in [2.05, 4.69) is 81.1 Å². The molecule has 3 aromatic rings. The van der Waals surface area contributed by atoms with Gasteiger partial charge in [-0.3, -0.25) is 0 Å². The smallest absolute Gasteiger partial charge is 0.333 e. The summed E-state index contributed by atoms with van der Waals surface area (Å²) < 4.78 is 5.57. The van der Waals surface area contributed by atoms with Crippen molar-refractivity contribution >= 4 is 5.97 Å². The van der Waals surface area contributed by atoms with Crippen LogP contribution in [-0.4, -0.2) is 17.7 Å². The summed E-state index contributed by atoms with van der Waals surface area (Å²) in [7, 11) is 0. The molecular formula is C33H40O3. The van der Waals surface area contributed by atoms with Crippen molar-refractivity contribution in [3.63, 3.8) is 0 Å². The first kappa shape index (κ1) is 27.4. The van der Waals surface area contributed by atoms with E-state index in [0.29, 0.717) is 5.57 Å². The highest BCUT2D eigenvalue weighted by Crippen LogP contribution is 2.32. The lowest BCUT2D eigenvalue weighted by molar-refractivity contribution is -0.140. The van der Waals surface area contributed by atoms with Crippen LogP contribution in [0.3, 0.4) is 0 Å². The molecule has 3 heteroatoms. The number of aliphatic hydroxyl groups excluding tert-OH is 1. The van der Waals surface area contributed by atoms with E-state index in [0.717, 1.165) is 48.8 Å². The molecule has 0 aliphatic rings. The lowest BCUT2D eigenvalue weighted by atomic mass is 9.90. The van der Waals surface area contributed by atoms with Crippen molar-refractivity contribution in [2.24, 2.45) is 0 Å². The van der Waals surface area contributed by atoms with Crippen LogP contribution in [-0.2, 0) is 35.4 Å². The molecule has 0 aliphatic heterocycles. The first-order chi connectivity index (χ1) is 17.5. The van der Waals surface area contributed by atoms with Gasteiger partial charge in [-0.1, -0.05) is 93.9 Å². The quantitative estimate of drug-likeness (QED) is 0.153. The van der Waals surface area contributed by atoms with Crippen LogP contribution in [0.1, 0.15) is 68.7 Å². The molecule has 0 amide bonds. The lowest BCUT2D eigenvalue weighted by Gasteiger charge is -2.16. The Morgan fingerprint density at radius 3 is 2.11 bits per heavy atom. The summed E-state index contributed by atoms with van der Waals surface area (Å²) in [5, 5.41) is 9.09. The molecule has 0 saturated heterocycles. The van der Waals surface area contributed by atoms with Gasteiger partial charge in [-0.05, 0) is 83.5 Å². The minimum Gasteiger partial charge on any atom is -0.457 e. The number of ether oxygens (including phenoxy) is 1. The van der Waals surface area contributed by atoms with Crippen molar-refractivity contribution < 1.29 is 14.6 Å². The van der Waals surface area contributed by atoms with Gasteiger partial charge in [0.15, 0.2) is 0 Å². The second-order valence-corrected chi connectivity index (χ2v) is 9.55. The molecule has 190 valence electrons. The Bertz CT molecular complexity index is 1160. The number of carbonyl (C=O) groups excluding carboxylic acids is 1. The third-order valence-corrected chi connectivity index (χ3v) is 6.63. The molecule has 0 atom stereocenters. The second kappa shape index (κ2) is 13.8. The summed E-state index contributed by atoms with van der Waals surface area (Å²) >= 11 is 0. The van der Waals surface area contributed by atoms with Gasteiger partial charge in [-0.25, -0.2) is 4.79 Å². The number of unbranched alkanes of at least 4 members (excludes halogenated alkanes) is 2. The van der Waals surface area contributed by atoms with Crippen LogP contribution in [0.5, 0.6) is 0 Å². The molecule has 0 bridgehead atoms. The van der Waals surface area contributed by atoms with E-state index in [9.17, 15) is 4.79 Å². The van der Waals surface area contributed by atoms with Gasteiger partial charge in [0.05, 0.1) is 0 Å². The molecule has 0 saturated carbocycles. The minimum absolute atomic E-state index is 0.220. The van der Waals surface area contributed by atoms with Gasteiger partial charge < -0.3 is 9.84 Å². The minimum atomic E-state index is -0.357. The molecular weight excluding hydrogens is 444 g/mol. The van der Waals surface area contributed by atoms with Crippen molar-refractivity contribution in [1.82, 2.24) is 0 Å². The second-order valence-electron chi connectivity index (χ2n) is 9.55. The van der Waals surface area contributed by atoms with E-state index >= 15 is 0 Å². The monoisotopic (exact) mass is 484 g/mol. The van der Waals surface area contributed by atoms with Crippen LogP contribution < -0.4 is 0 Å². The fourth-order valence-corrected chi connectivity index (χ4v) is 4.52. The van der Waals surface area contributed by atoms with Gasteiger partial charge >= 0.3 is 5.97 Å². The fourth-order valence-electron chi connectivity index (χ4n) is 4.52. The first-order valence-corrected chi connectivity index (χ1v) is 13.2. The topological polar surface area (TPSA) is 46.5 Å². The highest BCUT2D eigenvalue weighted by Gasteiger charge is 2.13. The van der Waals surface area contributed by atoms with Crippen molar-refractivity contribution in [2.75, 3.05) is 6.61 Å². The van der Waals surface area contributed by atoms with Crippen LogP contribution in [0, 0.1) is 0 Å². The Morgan fingerprint density at radius 1 is 0.806 bits per heavy atom. The van der Waals surface area contributed by atoms with Crippen molar-refractivity contribution in [2.45, 2.75) is 72.3 Å². The molecule has 3 aromatic carbocycles. The Hall–Kier alpha value is -3.17. The van der Waals surface area contributed by atoms with Gasteiger partial charge in [0.25, 0.3) is 0 Å². The fraction of sp³-hybridized carbons (Fsp3) is 0.364. The van der Waals surface area contributed by atoms with Gasteiger partial charge in [-0.2, -0.15) is 0 Å². The van der Waals surface area contributed by atoms with E-state index in [-0.39, 0.29) is 19.2 Å². The van der Waals surface area contributed by atoms with E-state index in [1.54, 1.807) is 6.92 Å². The molecule has 0 aliphatic carbocycles. The number of aliphatic hydroxyl groups is 1. The molecule has 0 radical (unpaired) electrons. The number of hydrogen-bond acceptors (Lipinski definition) is 3. The highest BCUT2D eigenvalue weighted by atomic mass is 16.5. The summed E-state index contributed by atoms with van der Waals surface area (Å²) in [5.41, 5.74) is 9.93. The van der Waals surface area contributed by atoms with Crippen LogP contribution in [0.4, 0.5) is 0 Å². The molecule has 0 aromatic heterocycles. The van der Waals surface area contributed by atoms with Crippen molar-refractivity contribution in [3.8, 4) is 22.3 Å². The predicted molar refractivity (Wildman–Crippen MR) is 150 cm³/mol. The summed E-state index contributed by atoms with van der Waals surface area (Å²) in [6.07, 6.45) is 7.20. The Balaban J connectivity index is 1.92. The maximum Gasteiger partial charge on any atom is 0.333 e. The largest absolute Gasteiger partial charge is 0.457 e. The Morgan fingerprint density at radius 2 is 1.44 bits per heavy atom. The number of carbonyl (C=O) groups is 1. The van der Waals surface area contributed by atoms with Gasteiger partial charge in [0.1, 0.15) is 6.61 Å². The third kappa shape index (κ3) is 7.41. The van der Waals surface area contributed by atoms with E-state index in [1.807, 2.05) is 0 Å². The zero-order valence-electron chi connectivity index (χ0n) is 22.1. The summed E-state index contributed by atoms with van der Waals surface area (Å²) in [4.78, 5) is 12.1. The van der Waals surface area contributed by atoms with Gasteiger partial charge in [0, 0.05) is 12.2 Å². The molecule has 1 N–H and O–H groups in total. The number of esters is 1. The zero-order chi connectivity index (χ0) is 25.9. The highest BCUT2D eigenvalue weighted by molar-refractivity contribution is 5.87. The van der Waals surface area contributed by atoms with E-state index in [4.69, 9.17) is 9.84 Å². The summed E-state index contributed by atoms with van der Waals surface area (Å²) in [6, 6.07) is 21.9. The maximum atomic E-state index is 12.1. The number of rotatable bonds is 13. The maximum absolute atomic E-state index is 12.1. The van der Waals surface area contributed by atoms with Gasteiger partial charge in [-0.15, -0.1) is 0 Å². The lowest BCUT2D eigenvalue weighted by Crippen LogP contribution is -2.06. The van der Waals surface area contributed by atoms with Crippen molar-refractivity contribution in [1.29, 1.82) is 0 Å². The van der Waals surface area contributed by atoms with Crippen LogP contribution >= 0.6 is 0 Å². The first-order valence-electron chi connectivity index (χ1n) is 13.2. The Labute approximate surface area is 216 Å². The van der Waals surface area contributed by atoms with Gasteiger partial charge in [0.2, 0.25) is 0 Å². The SMILES string of the molecule is C=C(C)C(=O)OCc1cc(CCCCC)ccc1-c1ccc(-c2ccc(CCCO)cc2)c(CC)c1. The Kier molecular flexibility index (Phi) is 10.5. The van der Waals surface area contributed by atoms with E-state index in [1.165, 1.54) is 40.7 Å². The number of aryl methyl sites for hydroxylation is 3. The third-order valence-electron chi connectivity index (χ3n) is 6.63. The molecule has 0 spiro atoms. The average molecular weight is 485 g/mol. The molecule has 3 rings (SSSR count). The normalized spacial score (nSPS) is 10.9. The predicted octanol–water partition coefficient (Wildman–Crippen LogP) is 7.86. The molecule has 3 nitrogen and oxygen atoms in total. The standard InChI is InChI=1S/C33H40O3/c1-5-7-8-10-26-14-18-32(30(21-26)23-36-33(35)24(3)4)29-17-19-31(27(6-2)22-29)28-15-12-25(13-16-28)11-9-20-34/h12-19,21-22,34H,3,5-11,20,23H2,1-2,4H3.